The van der Waals surface area contributed by atoms with Gasteiger partial charge in [-0.1, -0.05) is 81.1 Å². The molecular formula is C36H46BNO3. The lowest BCUT2D eigenvalue weighted by atomic mass is 9.77. The molecule has 1 aliphatic carbocycles. The summed E-state index contributed by atoms with van der Waals surface area (Å²) in [5.74, 6) is 1.51. The number of hydrogen-bond donors (Lipinski definition) is 1. The van der Waals surface area contributed by atoms with Gasteiger partial charge < -0.3 is 14.6 Å². The Hall–Kier alpha value is -2.89. The van der Waals surface area contributed by atoms with Gasteiger partial charge in [0, 0.05) is 11.3 Å². The number of carbonyl (C=O) groups excluding carboxylic acids is 1. The Morgan fingerprint density at radius 3 is 1.90 bits per heavy atom. The molecule has 0 bridgehead atoms. The predicted octanol–water partition coefficient (Wildman–Crippen LogP) is 8.76. The maximum atomic E-state index is 12.9. The molecule has 3 aromatic carbocycles. The molecule has 4 nitrogen and oxygen atoms in total. The van der Waals surface area contributed by atoms with Gasteiger partial charge in [-0.3, -0.25) is 4.79 Å². The van der Waals surface area contributed by atoms with Crippen molar-refractivity contribution in [2.24, 2.45) is 5.92 Å². The second-order valence-corrected chi connectivity index (χ2v) is 13.1. The van der Waals surface area contributed by atoms with Crippen LogP contribution in [0.1, 0.15) is 108 Å². The van der Waals surface area contributed by atoms with Gasteiger partial charge >= 0.3 is 7.12 Å². The average molecular weight is 552 g/mol. The van der Waals surface area contributed by atoms with Crippen LogP contribution in [0.15, 0.2) is 72.8 Å². The summed E-state index contributed by atoms with van der Waals surface area (Å²) in [6.07, 6.45) is 10.9. The minimum absolute atomic E-state index is 0.124. The van der Waals surface area contributed by atoms with E-state index in [1.54, 1.807) is 0 Å². The molecule has 1 N–H and O–H groups in total. The third kappa shape index (κ3) is 6.96. The van der Waals surface area contributed by atoms with Crippen molar-refractivity contribution in [1.82, 2.24) is 0 Å². The quantitative estimate of drug-likeness (QED) is 0.214. The van der Waals surface area contributed by atoms with Gasteiger partial charge in [-0.05, 0) is 112 Å². The fraction of sp³-hybridized carbons (Fsp3) is 0.472. The number of benzene rings is 3. The van der Waals surface area contributed by atoms with Crippen molar-refractivity contribution in [2.45, 2.75) is 103 Å². The number of amides is 1. The van der Waals surface area contributed by atoms with Gasteiger partial charge in [-0.2, -0.15) is 0 Å². The second kappa shape index (κ2) is 12.5. The van der Waals surface area contributed by atoms with Gasteiger partial charge in [0.1, 0.15) is 0 Å². The summed E-state index contributed by atoms with van der Waals surface area (Å²) in [7, 11) is -0.415. The van der Waals surface area contributed by atoms with E-state index in [2.05, 4.69) is 36.5 Å². The molecule has 1 saturated carbocycles. The highest BCUT2D eigenvalue weighted by molar-refractivity contribution is 6.62. The van der Waals surface area contributed by atoms with Gasteiger partial charge in [-0.25, -0.2) is 0 Å². The molecule has 5 heteroatoms. The van der Waals surface area contributed by atoms with Crippen LogP contribution in [-0.2, 0) is 9.31 Å². The molecular weight excluding hydrogens is 505 g/mol. The minimum atomic E-state index is -0.415. The Labute approximate surface area is 247 Å². The topological polar surface area (TPSA) is 47.6 Å². The van der Waals surface area contributed by atoms with Crippen LogP contribution in [-0.4, -0.2) is 24.2 Å². The van der Waals surface area contributed by atoms with Crippen LogP contribution in [0, 0.1) is 5.92 Å². The zero-order chi connectivity index (χ0) is 29.0. The summed E-state index contributed by atoms with van der Waals surface area (Å²) in [6.45, 7) is 10.5. The number of hydrogen-bond acceptors (Lipinski definition) is 3. The molecule has 0 unspecified atom stereocenters. The maximum Gasteiger partial charge on any atom is 0.494 e. The van der Waals surface area contributed by atoms with Gasteiger partial charge in [0.15, 0.2) is 0 Å². The van der Waals surface area contributed by atoms with E-state index in [-0.39, 0.29) is 17.1 Å². The van der Waals surface area contributed by atoms with E-state index in [0.717, 1.165) is 22.6 Å². The first-order valence-corrected chi connectivity index (χ1v) is 15.6. The monoisotopic (exact) mass is 551 g/mol. The highest BCUT2D eigenvalue weighted by Crippen LogP contribution is 2.39. The first-order chi connectivity index (χ1) is 19.6. The Bertz CT molecular complexity index is 1270. The average Bonchev–Trinajstić information content (AvgIpc) is 3.20. The number of rotatable bonds is 9. The Morgan fingerprint density at radius 2 is 1.34 bits per heavy atom. The molecule has 0 aromatic heterocycles. The zero-order valence-corrected chi connectivity index (χ0v) is 25.5. The van der Waals surface area contributed by atoms with E-state index < -0.39 is 7.12 Å². The van der Waals surface area contributed by atoms with E-state index in [1.165, 1.54) is 62.5 Å². The summed E-state index contributed by atoms with van der Waals surface area (Å²) in [6, 6.07) is 24.6. The summed E-state index contributed by atoms with van der Waals surface area (Å²) in [5.41, 5.74) is 5.33. The van der Waals surface area contributed by atoms with Crippen molar-refractivity contribution >= 4 is 24.2 Å². The fourth-order valence-electron chi connectivity index (χ4n) is 6.14. The molecule has 0 radical (unpaired) electrons. The fourth-order valence-corrected chi connectivity index (χ4v) is 6.14. The maximum absolute atomic E-state index is 12.9. The van der Waals surface area contributed by atoms with Crippen LogP contribution in [0.5, 0.6) is 0 Å². The number of anilines is 1. The van der Waals surface area contributed by atoms with Crippen molar-refractivity contribution in [2.75, 3.05) is 5.32 Å². The molecule has 2 fully saturated rings. The third-order valence-corrected chi connectivity index (χ3v) is 9.62. The number of carbonyl (C=O) groups is 1. The van der Waals surface area contributed by atoms with Gasteiger partial charge in [0.25, 0.3) is 5.91 Å². The minimum Gasteiger partial charge on any atom is -0.399 e. The summed E-state index contributed by atoms with van der Waals surface area (Å²) in [5, 5.41) is 3.01. The lowest BCUT2D eigenvalue weighted by Gasteiger charge is -2.32. The van der Waals surface area contributed by atoms with Gasteiger partial charge in [0.2, 0.25) is 0 Å². The van der Waals surface area contributed by atoms with Crippen LogP contribution in [0.25, 0.3) is 11.1 Å². The highest BCUT2D eigenvalue weighted by Gasteiger charge is 2.51. The summed E-state index contributed by atoms with van der Waals surface area (Å²) in [4.78, 5) is 12.9. The van der Waals surface area contributed by atoms with Crippen LogP contribution >= 0.6 is 0 Å². The lowest BCUT2D eigenvalue weighted by molar-refractivity contribution is 0.00578. The highest BCUT2D eigenvalue weighted by atomic mass is 16.7. The van der Waals surface area contributed by atoms with E-state index >= 15 is 0 Å². The molecule has 1 amide bonds. The van der Waals surface area contributed by atoms with Crippen LogP contribution < -0.4 is 10.8 Å². The van der Waals surface area contributed by atoms with Gasteiger partial charge in [0.05, 0.1) is 11.2 Å². The Kier molecular flexibility index (Phi) is 9.06. The first-order valence-electron chi connectivity index (χ1n) is 15.6. The molecule has 1 heterocycles. The molecule has 2 aliphatic rings. The van der Waals surface area contributed by atoms with Crippen LogP contribution in [0.3, 0.4) is 0 Å². The summed E-state index contributed by atoms with van der Waals surface area (Å²) >= 11 is 0. The normalized spacial score (nSPS) is 21.5. The summed E-state index contributed by atoms with van der Waals surface area (Å²) < 4.78 is 12.3. The molecule has 0 atom stereocenters. The van der Waals surface area contributed by atoms with Crippen molar-refractivity contribution in [3.05, 3.63) is 83.9 Å². The Morgan fingerprint density at radius 1 is 0.780 bits per heavy atom. The lowest BCUT2D eigenvalue weighted by Crippen LogP contribution is -2.41. The zero-order valence-electron chi connectivity index (χ0n) is 25.5. The largest absolute Gasteiger partial charge is 0.494 e. The van der Waals surface area contributed by atoms with Crippen molar-refractivity contribution in [3.63, 3.8) is 0 Å². The van der Waals surface area contributed by atoms with Crippen molar-refractivity contribution in [3.8, 4) is 11.1 Å². The molecule has 5 rings (SSSR count). The molecule has 0 spiro atoms. The SMILES string of the molecule is CCCCCC1CCC(c2ccc(-c3ccc(C(=O)Nc4ccc(B5OC(C)(C)C(C)(C)O5)cc4)cc3)cc2)CC1. The predicted molar refractivity (Wildman–Crippen MR) is 171 cm³/mol. The smallest absolute Gasteiger partial charge is 0.399 e. The molecule has 1 aliphatic heterocycles. The number of nitrogens with one attached hydrogen (secondary N) is 1. The first kappa shape index (κ1) is 29.6. The molecule has 216 valence electrons. The van der Waals surface area contributed by atoms with E-state index in [4.69, 9.17) is 9.31 Å². The van der Waals surface area contributed by atoms with Crippen LogP contribution in [0.4, 0.5) is 5.69 Å². The van der Waals surface area contributed by atoms with Crippen molar-refractivity contribution < 1.29 is 14.1 Å². The van der Waals surface area contributed by atoms with Crippen LogP contribution in [0.2, 0.25) is 0 Å². The Balaban J connectivity index is 1.14. The molecule has 1 saturated heterocycles. The standard InChI is InChI=1S/C36H46BNO3/c1-6-7-8-9-26-10-12-27(13-11-26)28-14-16-29(17-15-28)30-18-20-31(21-19-30)34(39)38-33-24-22-32(23-25-33)37-40-35(2,3)36(4,5)41-37/h14-27H,6-13H2,1-5H3,(H,38,39). The molecule has 3 aromatic rings. The third-order valence-electron chi connectivity index (χ3n) is 9.62. The van der Waals surface area contributed by atoms with E-state index in [1.807, 2.05) is 76.2 Å². The molecule has 41 heavy (non-hydrogen) atoms. The van der Waals surface area contributed by atoms with E-state index in [0.29, 0.717) is 11.5 Å². The van der Waals surface area contributed by atoms with Gasteiger partial charge in [-0.15, -0.1) is 0 Å². The number of unbranched alkanes of at least 4 members (excludes halogenated alkanes) is 2. The second-order valence-electron chi connectivity index (χ2n) is 13.1. The van der Waals surface area contributed by atoms with Crippen molar-refractivity contribution in [1.29, 1.82) is 0 Å². The van der Waals surface area contributed by atoms with E-state index in [9.17, 15) is 4.79 Å².